The zero-order chi connectivity index (χ0) is 16.9. The number of aromatic nitrogens is 1. The van der Waals surface area contributed by atoms with Gasteiger partial charge in [0.25, 0.3) is 0 Å². The molecule has 0 unspecified atom stereocenters. The van der Waals surface area contributed by atoms with Crippen LogP contribution in [0, 0.1) is 5.92 Å². The molecule has 2 atom stereocenters. The maximum absolute atomic E-state index is 12.5. The van der Waals surface area contributed by atoms with Gasteiger partial charge in [-0.2, -0.15) is 11.8 Å². The van der Waals surface area contributed by atoms with Gasteiger partial charge >= 0.3 is 0 Å². The van der Waals surface area contributed by atoms with Crippen molar-refractivity contribution in [2.45, 2.75) is 31.7 Å². The lowest BCUT2D eigenvalue weighted by atomic mass is 10.1. The van der Waals surface area contributed by atoms with Gasteiger partial charge in [-0.25, -0.2) is 0 Å². The first kappa shape index (κ1) is 17.3. The van der Waals surface area contributed by atoms with Crippen molar-refractivity contribution in [2.75, 3.05) is 31.6 Å². The standard InChI is InChI=1S/C18H25N3O2S/c1-24-10-7-18(23)21-9-6-15-12-20(13-16(15)21)17(22)5-4-14-3-2-8-19-11-14/h2-3,8,11,15-16H,4-7,9-10,12-13H2,1H3/t15-,16+/m1/s1. The summed E-state index contributed by atoms with van der Waals surface area (Å²) in [6.07, 6.45) is 8.48. The SMILES string of the molecule is CSCCC(=O)N1CC[C@@H]2CN(C(=O)CCc3cccnc3)C[C@@H]21. The highest BCUT2D eigenvalue weighted by molar-refractivity contribution is 7.98. The fourth-order valence-electron chi connectivity index (χ4n) is 3.76. The number of aryl methyl sites for hydroxylation is 1. The number of likely N-dealkylation sites (tertiary alicyclic amines) is 2. The highest BCUT2D eigenvalue weighted by Crippen LogP contribution is 2.32. The third kappa shape index (κ3) is 3.91. The Morgan fingerprint density at radius 3 is 2.92 bits per heavy atom. The second-order valence-electron chi connectivity index (χ2n) is 6.61. The van der Waals surface area contributed by atoms with Crippen molar-refractivity contribution in [1.82, 2.24) is 14.8 Å². The van der Waals surface area contributed by atoms with Crippen molar-refractivity contribution in [3.63, 3.8) is 0 Å². The molecule has 3 rings (SSSR count). The number of carbonyl (C=O) groups excluding carboxylic acids is 2. The Morgan fingerprint density at radius 1 is 1.29 bits per heavy atom. The number of rotatable bonds is 6. The highest BCUT2D eigenvalue weighted by Gasteiger charge is 2.44. The lowest BCUT2D eigenvalue weighted by Crippen LogP contribution is -2.40. The first-order chi connectivity index (χ1) is 11.7. The molecule has 24 heavy (non-hydrogen) atoms. The van der Waals surface area contributed by atoms with E-state index in [1.54, 1.807) is 18.0 Å². The predicted molar refractivity (Wildman–Crippen MR) is 95.7 cm³/mol. The molecule has 5 nitrogen and oxygen atoms in total. The number of hydrogen-bond acceptors (Lipinski definition) is 4. The van der Waals surface area contributed by atoms with Gasteiger partial charge in [-0.05, 0) is 30.7 Å². The van der Waals surface area contributed by atoms with Crippen molar-refractivity contribution >= 4 is 23.6 Å². The molecule has 0 radical (unpaired) electrons. The van der Waals surface area contributed by atoms with Crippen LogP contribution in [0.25, 0.3) is 0 Å². The maximum Gasteiger partial charge on any atom is 0.223 e. The van der Waals surface area contributed by atoms with E-state index in [1.807, 2.05) is 34.4 Å². The molecular weight excluding hydrogens is 322 g/mol. The first-order valence-electron chi connectivity index (χ1n) is 8.64. The second-order valence-corrected chi connectivity index (χ2v) is 7.59. The average Bonchev–Trinajstić information content (AvgIpc) is 3.19. The Bertz CT molecular complexity index is 581. The Hall–Kier alpha value is -1.56. The summed E-state index contributed by atoms with van der Waals surface area (Å²) in [6, 6.07) is 4.14. The molecule has 1 aromatic rings. The van der Waals surface area contributed by atoms with E-state index >= 15 is 0 Å². The van der Waals surface area contributed by atoms with E-state index in [0.29, 0.717) is 25.3 Å². The molecule has 0 bridgehead atoms. The van der Waals surface area contributed by atoms with Crippen LogP contribution in [0.4, 0.5) is 0 Å². The molecule has 0 aromatic carbocycles. The highest BCUT2D eigenvalue weighted by atomic mass is 32.2. The van der Waals surface area contributed by atoms with Gasteiger partial charge in [0.2, 0.25) is 11.8 Å². The number of thioether (sulfide) groups is 1. The van der Waals surface area contributed by atoms with Crippen LogP contribution in [0.5, 0.6) is 0 Å². The molecule has 2 aliphatic heterocycles. The molecule has 2 aliphatic rings. The van der Waals surface area contributed by atoms with Crippen LogP contribution in [0.2, 0.25) is 0 Å². The predicted octanol–water partition coefficient (Wildman–Crippen LogP) is 1.83. The van der Waals surface area contributed by atoms with Crippen LogP contribution in [0.15, 0.2) is 24.5 Å². The van der Waals surface area contributed by atoms with Crippen LogP contribution >= 0.6 is 11.8 Å². The van der Waals surface area contributed by atoms with Gasteiger partial charge in [0.15, 0.2) is 0 Å². The van der Waals surface area contributed by atoms with Gasteiger partial charge in [0.05, 0.1) is 6.04 Å². The lowest BCUT2D eigenvalue weighted by Gasteiger charge is -2.25. The van der Waals surface area contributed by atoms with E-state index in [2.05, 4.69) is 4.98 Å². The van der Waals surface area contributed by atoms with Crippen molar-refractivity contribution < 1.29 is 9.59 Å². The molecule has 2 saturated heterocycles. The van der Waals surface area contributed by atoms with Gasteiger partial charge < -0.3 is 9.80 Å². The quantitative estimate of drug-likeness (QED) is 0.788. The third-order valence-corrected chi connectivity index (χ3v) is 5.70. The van der Waals surface area contributed by atoms with E-state index in [4.69, 9.17) is 0 Å². The zero-order valence-corrected chi connectivity index (χ0v) is 15.0. The van der Waals surface area contributed by atoms with Crippen LogP contribution in [-0.2, 0) is 16.0 Å². The van der Waals surface area contributed by atoms with Crippen molar-refractivity contribution in [3.05, 3.63) is 30.1 Å². The zero-order valence-electron chi connectivity index (χ0n) is 14.2. The van der Waals surface area contributed by atoms with Gasteiger partial charge in [-0.1, -0.05) is 6.07 Å². The summed E-state index contributed by atoms with van der Waals surface area (Å²) in [4.78, 5) is 32.9. The minimum absolute atomic E-state index is 0.199. The molecule has 2 amide bonds. The molecule has 0 spiro atoms. The monoisotopic (exact) mass is 347 g/mol. The summed E-state index contributed by atoms with van der Waals surface area (Å²) in [5, 5.41) is 0. The average molecular weight is 347 g/mol. The van der Waals surface area contributed by atoms with Crippen molar-refractivity contribution in [3.8, 4) is 0 Å². The van der Waals surface area contributed by atoms with E-state index in [-0.39, 0.29) is 17.9 Å². The molecule has 3 heterocycles. The molecule has 0 aliphatic carbocycles. The summed E-state index contributed by atoms with van der Waals surface area (Å²) in [7, 11) is 0. The fourth-order valence-corrected chi connectivity index (χ4v) is 4.14. The summed E-state index contributed by atoms with van der Waals surface area (Å²) < 4.78 is 0. The van der Waals surface area contributed by atoms with E-state index in [0.717, 1.165) is 37.2 Å². The Labute approximate surface area is 147 Å². The normalized spacial score (nSPS) is 22.7. The number of pyridine rings is 1. The van der Waals surface area contributed by atoms with Crippen molar-refractivity contribution in [2.24, 2.45) is 5.92 Å². The number of fused-ring (bicyclic) bond motifs is 1. The van der Waals surface area contributed by atoms with Gasteiger partial charge in [-0.3, -0.25) is 14.6 Å². The van der Waals surface area contributed by atoms with Crippen LogP contribution < -0.4 is 0 Å². The number of hydrogen-bond donors (Lipinski definition) is 0. The molecule has 0 saturated carbocycles. The number of amides is 2. The van der Waals surface area contributed by atoms with Crippen LogP contribution in [0.1, 0.15) is 24.8 Å². The van der Waals surface area contributed by atoms with Crippen molar-refractivity contribution in [1.29, 1.82) is 0 Å². The van der Waals surface area contributed by atoms with Gasteiger partial charge in [0, 0.05) is 56.5 Å². The summed E-state index contributed by atoms with van der Waals surface area (Å²) in [5.74, 6) is 1.79. The first-order valence-corrected chi connectivity index (χ1v) is 10.0. The van der Waals surface area contributed by atoms with Gasteiger partial charge in [-0.15, -0.1) is 0 Å². The molecule has 130 valence electrons. The Kier molecular flexibility index (Phi) is 5.76. The Morgan fingerprint density at radius 2 is 2.17 bits per heavy atom. The van der Waals surface area contributed by atoms with Gasteiger partial charge in [0.1, 0.15) is 0 Å². The summed E-state index contributed by atoms with van der Waals surface area (Å²) in [6.45, 7) is 2.38. The lowest BCUT2D eigenvalue weighted by molar-refractivity contribution is -0.134. The molecular formula is C18H25N3O2S. The Balaban J connectivity index is 1.51. The molecule has 1 aromatic heterocycles. The number of carbonyl (C=O) groups is 2. The minimum atomic E-state index is 0.199. The molecule has 2 fully saturated rings. The summed E-state index contributed by atoms with van der Waals surface area (Å²) in [5.41, 5.74) is 1.10. The fraction of sp³-hybridized carbons (Fsp3) is 0.611. The van der Waals surface area contributed by atoms with Crippen LogP contribution in [-0.4, -0.2) is 64.3 Å². The third-order valence-electron chi connectivity index (χ3n) is 5.09. The van der Waals surface area contributed by atoms with E-state index < -0.39 is 0 Å². The molecule has 0 N–H and O–H groups in total. The second kappa shape index (κ2) is 8.01. The largest absolute Gasteiger partial charge is 0.340 e. The minimum Gasteiger partial charge on any atom is -0.340 e. The maximum atomic E-state index is 12.5. The smallest absolute Gasteiger partial charge is 0.223 e. The van der Waals surface area contributed by atoms with E-state index in [9.17, 15) is 9.59 Å². The van der Waals surface area contributed by atoms with E-state index in [1.165, 1.54) is 0 Å². The van der Waals surface area contributed by atoms with Crippen LogP contribution in [0.3, 0.4) is 0 Å². The summed E-state index contributed by atoms with van der Waals surface area (Å²) >= 11 is 1.71. The molecule has 6 heteroatoms. The topological polar surface area (TPSA) is 53.5 Å². The number of nitrogens with zero attached hydrogens (tertiary/aromatic N) is 3.